The highest BCUT2D eigenvalue weighted by atomic mass is 16.8. The SMILES string of the molecule is COc1cc(C=O)ccc1O[C@@H]1O[C@@H]2COC(C)O[C@H]2[C@H](O)[C@H]1O. The molecule has 2 aliphatic rings. The number of carbonyl (C=O) groups excluding carboxylic acids is 1. The highest BCUT2D eigenvalue weighted by Gasteiger charge is 2.49. The Morgan fingerprint density at radius 1 is 1.21 bits per heavy atom. The first-order valence-electron chi connectivity index (χ1n) is 7.62. The molecule has 2 saturated heterocycles. The molecule has 0 aliphatic carbocycles. The zero-order chi connectivity index (χ0) is 17.3. The summed E-state index contributed by atoms with van der Waals surface area (Å²) in [4.78, 5) is 10.8. The summed E-state index contributed by atoms with van der Waals surface area (Å²) in [5.41, 5.74) is 0.424. The monoisotopic (exact) mass is 340 g/mol. The first-order valence-corrected chi connectivity index (χ1v) is 7.62. The molecule has 1 aromatic carbocycles. The van der Waals surface area contributed by atoms with Gasteiger partial charge in [0.2, 0.25) is 6.29 Å². The second-order valence-corrected chi connectivity index (χ2v) is 5.67. The number of hydrogen-bond acceptors (Lipinski definition) is 8. The third kappa shape index (κ3) is 3.24. The van der Waals surface area contributed by atoms with Gasteiger partial charge >= 0.3 is 0 Å². The van der Waals surface area contributed by atoms with Crippen molar-refractivity contribution in [3.05, 3.63) is 23.8 Å². The van der Waals surface area contributed by atoms with Crippen molar-refractivity contribution in [3.8, 4) is 11.5 Å². The van der Waals surface area contributed by atoms with Crippen LogP contribution < -0.4 is 9.47 Å². The lowest BCUT2D eigenvalue weighted by Crippen LogP contribution is -2.63. The number of fused-ring (bicyclic) bond motifs is 1. The summed E-state index contributed by atoms with van der Waals surface area (Å²) in [6.07, 6.45) is -4.67. The van der Waals surface area contributed by atoms with Crippen LogP contribution in [0.1, 0.15) is 17.3 Å². The summed E-state index contributed by atoms with van der Waals surface area (Å²) < 4.78 is 27.3. The number of rotatable bonds is 4. The molecule has 0 amide bonds. The topological polar surface area (TPSA) is 104 Å². The molecule has 6 atom stereocenters. The maximum Gasteiger partial charge on any atom is 0.229 e. The van der Waals surface area contributed by atoms with Gasteiger partial charge in [0, 0.05) is 5.56 Å². The molecule has 8 heteroatoms. The van der Waals surface area contributed by atoms with Crippen molar-refractivity contribution in [1.82, 2.24) is 0 Å². The van der Waals surface area contributed by atoms with Crippen LogP contribution in [0.2, 0.25) is 0 Å². The van der Waals surface area contributed by atoms with Crippen LogP contribution in [0.3, 0.4) is 0 Å². The summed E-state index contributed by atoms with van der Waals surface area (Å²) in [6.45, 7) is 1.92. The third-order valence-electron chi connectivity index (χ3n) is 4.05. The molecular weight excluding hydrogens is 320 g/mol. The number of hydrogen-bond donors (Lipinski definition) is 2. The van der Waals surface area contributed by atoms with Gasteiger partial charge in [-0.3, -0.25) is 4.79 Å². The molecule has 0 bridgehead atoms. The van der Waals surface area contributed by atoms with Gasteiger partial charge in [-0.15, -0.1) is 0 Å². The average Bonchev–Trinajstić information content (AvgIpc) is 2.60. The maximum atomic E-state index is 10.8. The molecule has 1 unspecified atom stereocenters. The quantitative estimate of drug-likeness (QED) is 0.744. The summed E-state index contributed by atoms with van der Waals surface area (Å²) in [5.74, 6) is 0.598. The molecule has 8 nitrogen and oxygen atoms in total. The first kappa shape index (κ1) is 17.1. The van der Waals surface area contributed by atoms with E-state index in [0.29, 0.717) is 17.6 Å². The van der Waals surface area contributed by atoms with Gasteiger partial charge in [-0.05, 0) is 25.1 Å². The molecule has 0 spiro atoms. The fourth-order valence-electron chi connectivity index (χ4n) is 2.78. The summed E-state index contributed by atoms with van der Waals surface area (Å²) >= 11 is 0. The van der Waals surface area contributed by atoms with Crippen LogP contribution in [0.5, 0.6) is 11.5 Å². The third-order valence-corrected chi connectivity index (χ3v) is 4.05. The Labute approximate surface area is 138 Å². The van der Waals surface area contributed by atoms with Gasteiger partial charge in [-0.1, -0.05) is 0 Å². The van der Waals surface area contributed by atoms with E-state index in [2.05, 4.69) is 0 Å². The minimum Gasteiger partial charge on any atom is -0.493 e. The summed E-state index contributed by atoms with van der Waals surface area (Å²) in [5, 5.41) is 20.6. The average molecular weight is 340 g/mol. The molecule has 2 heterocycles. The predicted molar refractivity (Wildman–Crippen MR) is 80.0 cm³/mol. The van der Waals surface area contributed by atoms with Crippen molar-refractivity contribution in [3.63, 3.8) is 0 Å². The zero-order valence-corrected chi connectivity index (χ0v) is 13.3. The van der Waals surface area contributed by atoms with Crippen molar-refractivity contribution in [2.24, 2.45) is 0 Å². The maximum absolute atomic E-state index is 10.8. The van der Waals surface area contributed by atoms with Crippen molar-refractivity contribution in [1.29, 1.82) is 0 Å². The number of carbonyl (C=O) groups is 1. The highest BCUT2D eigenvalue weighted by Crippen LogP contribution is 2.33. The van der Waals surface area contributed by atoms with Crippen LogP contribution in [0, 0.1) is 0 Å². The van der Waals surface area contributed by atoms with Crippen LogP contribution in [-0.4, -0.2) is 67.2 Å². The molecule has 0 aromatic heterocycles. The van der Waals surface area contributed by atoms with Crippen molar-refractivity contribution in [2.45, 2.75) is 43.9 Å². The van der Waals surface area contributed by atoms with Gasteiger partial charge in [-0.2, -0.15) is 0 Å². The van der Waals surface area contributed by atoms with Crippen LogP contribution in [0.25, 0.3) is 0 Å². The van der Waals surface area contributed by atoms with E-state index in [0.717, 1.165) is 0 Å². The van der Waals surface area contributed by atoms with Gasteiger partial charge in [0.1, 0.15) is 30.7 Å². The summed E-state index contributed by atoms with van der Waals surface area (Å²) in [7, 11) is 1.43. The van der Waals surface area contributed by atoms with Gasteiger partial charge in [0.05, 0.1) is 13.7 Å². The second-order valence-electron chi connectivity index (χ2n) is 5.67. The fourth-order valence-corrected chi connectivity index (χ4v) is 2.78. The smallest absolute Gasteiger partial charge is 0.229 e. The Kier molecular flexibility index (Phi) is 5.02. The molecule has 0 radical (unpaired) electrons. The Balaban J connectivity index is 1.77. The number of aliphatic hydroxyl groups is 2. The number of benzene rings is 1. The summed E-state index contributed by atoms with van der Waals surface area (Å²) in [6, 6.07) is 4.59. The Hall–Kier alpha value is -1.71. The molecule has 132 valence electrons. The lowest BCUT2D eigenvalue weighted by molar-refractivity contribution is -0.343. The molecule has 2 fully saturated rings. The van der Waals surface area contributed by atoms with Crippen molar-refractivity contribution < 1.29 is 38.7 Å². The van der Waals surface area contributed by atoms with E-state index < -0.39 is 37.0 Å². The first-order chi connectivity index (χ1) is 11.5. The molecule has 1 aromatic rings. The predicted octanol–water partition coefficient (Wildman–Crippen LogP) is 0.0946. The van der Waals surface area contributed by atoms with E-state index >= 15 is 0 Å². The Morgan fingerprint density at radius 2 is 2.00 bits per heavy atom. The largest absolute Gasteiger partial charge is 0.493 e. The number of aliphatic hydroxyl groups excluding tert-OH is 2. The van der Waals surface area contributed by atoms with E-state index in [4.69, 9.17) is 23.7 Å². The van der Waals surface area contributed by atoms with E-state index in [-0.39, 0.29) is 12.4 Å². The van der Waals surface area contributed by atoms with E-state index in [1.807, 2.05) is 0 Å². The lowest BCUT2D eigenvalue weighted by atomic mass is 9.98. The lowest BCUT2D eigenvalue weighted by Gasteiger charge is -2.45. The zero-order valence-electron chi connectivity index (χ0n) is 13.3. The molecule has 3 rings (SSSR count). The molecule has 2 aliphatic heterocycles. The minimum atomic E-state index is -1.31. The van der Waals surface area contributed by atoms with Gasteiger partial charge < -0.3 is 33.9 Å². The number of ether oxygens (including phenoxy) is 5. The van der Waals surface area contributed by atoms with E-state index in [1.54, 1.807) is 13.0 Å². The molecule has 2 N–H and O–H groups in total. The number of methoxy groups -OCH3 is 1. The molecule has 0 saturated carbocycles. The second kappa shape index (κ2) is 7.04. The van der Waals surface area contributed by atoms with E-state index in [1.165, 1.54) is 19.2 Å². The highest BCUT2D eigenvalue weighted by molar-refractivity contribution is 5.76. The van der Waals surface area contributed by atoms with Crippen LogP contribution >= 0.6 is 0 Å². The van der Waals surface area contributed by atoms with Gasteiger partial charge in [-0.25, -0.2) is 0 Å². The normalized spacial score (nSPS) is 35.8. The minimum absolute atomic E-state index is 0.219. The van der Waals surface area contributed by atoms with Crippen LogP contribution in [0.15, 0.2) is 18.2 Å². The Morgan fingerprint density at radius 3 is 2.71 bits per heavy atom. The standard InChI is InChI=1S/C16H20O8/c1-8-21-7-12-15(22-8)13(18)14(19)16(24-12)23-10-4-3-9(6-17)5-11(10)20-2/h3-6,8,12-16,18-19H,7H2,1-2H3/t8?,12-,13-,14-,15-,16-/m1/s1. The van der Waals surface area contributed by atoms with Crippen LogP contribution in [-0.2, 0) is 14.2 Å². The van der Waals surface area contributed by atoms with Gasteiger partial charge in [0.25, 0.3) is 0 Å². The molecular formula is C16H20O8. The molecule has 24 heavy (non-hydrogen) atoms. The fraction of sp³-hybridized carbons (Fsp3) is 0.562. The van der Waals surface area contributed by atoms with Gasteiger partial charge in [0.15, 0.2) is 17.8 Å². The van der Waals surface area contributed by atoms with Crippen molar-refractivity contribution >= 4 is 6.29 Å². The van der Waals surface area contributed by atoms with E-state index in [9.17, 15) is 15.0 Å². The van der Waals surface area contributed by atoms with Crippen molar-refractivity contribution in [2.75, 3.05) is 13.7 Å². The number of aldehydes is 1. The Bertz CT molecular complexity index is 589. The van der Waals surface area contributed by atoms with Crippen LogP contribution in [0.4, 0.5) is 0 Å².